The molecule has 2 rings (SSSR count). The second-order valence-corrected chi connectivity index (χ2v) is 5.48. The Hall–Kier alpha value is -1.89. The molecule has 0 N–H and O–H groups in total. The first-order valence-electron chi connectivity index (χ1n) is 7.98. The number of hydrogen-bond donors (Lipinski definition) is 0. The third-order valence-corrected chi connectivity index (χ3v) is 3.74. The minimum absolute atomic E-state index is 1.07. The van der Waals surface area contributed by atoms with Crippen molar-refractivity contribution in [3.05, 3.63) is 59.8 Å². The van der Waals surface area contributed by atoms with E-state index in [1.807, 2.05) is 12.3 Å². The Kier molecular flexibility index (Phi) is 5.74. The van der Waals surface area contributed by atoms with E-state index in [-0.39, 0.29) is 0 Å². The molecule has 2 aromatic rings. The quantitative estimate of drug-likeness (QED) is 0.628. The summed E-state index contributed by atoms with van der Waals surface area (Å²) in [6, 6.07) is 12.7. The Morgan fingerprint density at radius 1 is 1.05 bits per heavy atom. The molecule has 0 saturated carbocycles. The van der Waals surface area contributed by atoms with Gasteiger partial charge in [-0.25, -0.2) is 0 Å². The Morgan fingerprint density at radius 2 is 1.90 bits per heavy atom. The van der Waals surface area contributed by atoms with E-state index in [1.165, 1.54) is 35.1 Å². The zero-order valence-electron chi connectivity index (χ0n) is 13.4. The molecule has 0 saturated heterocycles. The molecule has 1 heterocycles. The van der Waals surface area contributed by atoms with E-state index in [4.69, 9.17) is 0 Å². The highest BCUT2D eigenvalue weighted by molar-refractivity contribution is 5.81. The van der Waals surface area contributed by atoms with Crippen LogP contribution in [0.3, 0.4) is 0 Å². The van der Waals surface area contributed by atoms with Crippen LogP contribution in [0.25, 0.3) is 16.8 Å². The fraction of sp³-hybridized carbons (Fsp3) is 0.350. The average molecular weight is 279 g/mol. The van der Waals surface area contributed by atoms with Crippen LogP contribution in [-0.2, 0) is 0 Å². The van der Waals surface area contributed by atoms with Crippen molar-refractivity contribution in [3.63, 3.8) is 0 Å². The van der Waals surface area contributed by atoms with Crippen LogP contribution in [0.15, 0.2) is 48.7 Å². The van der Waals surface area contributed by atoms with E-state index in [1.54, 1.807) is 0 Å². The van der Waals surface area contributed by atoms with Gasteiger partial charge in [-0.15, -0.1) is 0 Å². The monoisotopic (exact) mass is 279 g/mol. The summed E-state index contributed by atoms with van der Waals surface area (Å²) in [7, 11) is 0. The summed E-state index contributed by atoms with van der Waals surface area (Å²) in [6.45, 7) is 6.66. The van der Waals surface area contributed by atoms with E-state index in [0.29, 0.717) is 0 Å². The minimum Gasteiger partial charge on any atom is -0.256 e. The predicted molar refractivity (Wildman–Crippen MR) is 92.2 cm³/mol. The van der Waals surface area contributed by atoms with Crippen LogP contribution in [0, 0.1) is 6.92 Å². The Bertz CT molecular complexity index is 596. The lowest BCUT2D eigenvalue weighted by Crippen LogP contribution is -1.95. The summed E-state index contributed by atoms with van der Waals surface area (Å²) in [5, 5.41) is 0. The lowest BCUT2D eigenvalue weighted by molar-refractivity contribution is 0.933. The number of pyridine rings is 1. The molecule has 0 unspecified atom stereocenters. The molecule has 1 aromatic heterocycles. The fourth-order valence-electron chi connectivity index (χ4n) is 2.72. The largest absolute Gasteiger partial charge is 0.256 e. The standard InChI is InChI=1S/C20H25N/c1-4-6-12-17(10-5-2)18-13-9-11-16(3)20(18)19-14-7-8-15-21-19/h7-9,11-15H,4-6,10H2,1-3H3/b17-12+. The van der Waals surface area contributed by atoms with E-state index < -0.39 is 0 Å². The lowest BCUT2D eigenvalue weighted by atomic mass is 9.90. The molecule has 0 bridgehead atoms. The van der Waals surface area contributed by atoms with Crippen molar-refractivity contribution in [2.24, 2.45) is 0 Å². The molecule has 0 aliphatic heterocycles. The molecule has 0 aliphatic rings. The summed E-state index contributed by atoms with van der Waals surface area (Å²) < 4.78 is 0. The van der Waals surface area contributed by atoms with Gasteiger partial charge in [0.05, 0.1) is 5.69 Å². The van der Waals surface area contributed by atoms with E-state index >= 15 is 0 Å². The maximum absolute atomic E-state index is 4.57. The summed E-state index contributed by atoms with van der Waals surface area (Å²) in [4.78, 5) is 4.57. The van der Waals surface area contributed by atoms with Crippen molar-refractivity contribution in [2.45, 2.75) is 46.5 Å². The molecule has 0 fully saturated rings. The molecule has 0 spiro atoms. The number of hydrogen-bond acceptors (Lipinski definition) is 1. The first-order valence-corrected chi connectivity index (χ1v) is 7.98. The highest BCUT2D eigenvalue weighted by Gasteiger charge is 2.12. The predicted octanol–water partition coefficient (Wildman–Crippen LogP) is 6.04. The third-order valence-electron chi connectivity index (χ3n) is 3.74. The van der Waals surface area contributed by atoms with Crippen LogP contribution >= 0.6 is 0 Å². The van der Waals surface area contributed by atoms with Crippen LogP contribution in [-0.4, -0.2) is 4.98 Å². The number of benzene rings is 1. The molecule has 1 aromatic carbocycles. The highest BCUT2D eigenvalue weighted by atomic mass is 14.7. The second kappa shape index (κ2) is 7.78. The van der Waals surface area contributed by atoms with E-state index in [2.05, 4.69) is 62.2 Å². The lowest BCUT2D eigenvalue weighted by Gasteiger charge is -2.15. The van der Waals surface area contributed by atoms with Gasteiger partial charge in [0.25, 0.3) is 0 Å². The van der Waals surface area contributed by atoms with Gasteiger partial charge in [-0.3, -0.25) is 4.98 Å². The maximum Gasteiger partial charge on any atom is 0.0710 e. The van der Waals surface area contributed by atoms with Gasteiger partial charge in [0.1, 0.15) is 0 Å². The SMILES string of the molecule is CCC/C=C(\CCC)c1cccc(C)c1-c1ccccn1. The normalized spacial score (nSPS) is 11.7. The van der Waals surface area contributed by atoms with Crippen molar-refractivity contribution >= 4 is 5.57 Å². The molecule has 0 amide bonds. The van der Waals surface area contributed by atoms with Crippen molar-refractivity contribution < 1.29 is 0 Å². The molecule has 0 atom stereocenters. The van der Waals surface area contributed by atoms with Gasteiger partial charge in [0, 0.05) is 11.8 Å². The summed E-state index contributed by atoms with van der Waals surface area (Å²) in [5.41, 5.74) is 6.47. The van der Waals surface area contributed by atoms with Gasteiger partial charge in [-0.1, -0.05) is 57.0 Å². The molecule has 21 heavy (non-hydrogen) atoms. The minimum atomic E-state index is 1.07. The smallest absolute Gasteiger partial charge is 0.0710 e. The maximum atomic E-state index is 4.57. The number of rotatable bonds is 6. The number of unbranched alkanes of at least 4 members (excludes halogenated alkanes) is 1. The number of allylic oxidation sites excluding steroid dienone is 2. The van der Waals surface area contributed by atoms with Gasteiger partial charge >= 0.3 is 0 Å². The summed E-state index contributed by atoms with van der Waals surface area (Å²) in [6.07, 6.45) is 8.92. The number of nitrogens with zero attached hydrogens (tertiary/aromatic N) is 1. The molecular formula is C20H25N. The van der Waals surface area contributed by atoms with Gasteiger partial charge in [0.2, 0.25) is 0 Å². The van der Waals surface area contributed by atoms with Crippen LogP contribution < -0.4 is 0 Å². The first kappa shape index (κ1) is 15.5. The number of aryl methyl sites for hydroxylation is 1. The molecule has 0 radical (unpaired) electrons. The van der Waals surface area contributed by atoms with Crippen molar-refractivity contribution in [1.82, 2.24) is 4.98 Å². The van der Waals surface area contributed by atoms with Crippen LogP contribution in [0.1, 0.15) is 50.7 Å². The Labute approximate surface area is 128 Å². The molecular weight excluding hydrogens is 254 g/mol. The van der Waals surface area contributed by atoms with Crippen molar-refractivity contribution in [1.29, 1.82) is 0 Å². The van der Waals surface area contributed by atoms with Gasteiger partial charge < -0.3 is 0 Å². The van der Waals surface area contributed by atoms with E-state index in [9.17, 15) is 0 Å². The van der Waals surface area contributed by atoms with Gasteiger partial charge in [0.15, 0.2) is 0 Å². The Morgan fingerprint density at radius 3 is 2.57 bits per heavy atom. The highest BCUT2D eigenvalue weighted by Crippen LogP contribution is 2.33. The first-order chi connectivity index (χ1) is 10.3. The van der Waals surface area contributed by atoms with Crippen molar-refractivity contribution in [2.75, 3.05) is 0 Å². The molecule has 0 aliphatic carbocycles. The topological polar surface area (TPSA) is 12.9 Å². The second-order valence-electron chi connectivity index (χ2n) is 5.48. The fourth-order valence-corrected chi connectivity index (χ4v) is 2.72. The summed E-state index contributed by atoms with van der Waals surface area (Å²) >= 11 is 0. The van der Waals surface area contributed by atoms with E-state index in [0.717, 1.165) is 18.5 Å². The summed E-state index contributed by atoms with van der Waals surface area (Å²) in [5.74, 6) is 0. The van der Waals surface area contributed by atoms with Gasteiger partial charge in [-0.2, -0.15) is 0 Å². The molecule has 1 nitrogen and oxygen atoms in total. The van der Waals surface area contributed by atoms with Crippen molar-refractivity contribution in [3.8, 4) is 11.3 Å². The molecule has 1 heteroatoms. The molecule has 110 valence electrons. The van der Waals surface area contributed by atoms with Gasteiger partial charge in [-0.05, 0) is 48.6 Å². The zero-order valence-corrected chi connectivity index (χ0v) is 13.4. The number of aromatic nitrogens is 1. The average Bonchev–Trinajstić information content (AvgIpc) is 2.52. The van der Waals surface area contributed by atoms with Crippen LogP contribution in [0.2, 0.25) is 0 Å². The zero-order chi connectivity index (χ0) is 15.1. The Balaban J connectivity index is 2.55. The van der Waals surface area contributed by atoms with Crippen LogP contribution in [0.4, 0.5) is 0 Å². The third kappa shape index (κ3) is 3.81. The van der Waals surface area contributed by atoms with Crippen LogP contribution in [0.5, 0.6) is 0 Å².